The molecule has 3 rings (SSSR count). The highest BCUT2D eigenvalue weighted by Crippen LogP contribution is 2.33. The average molecular weight is 361 g/mol. The van der Waals surface area contributed by atoms with E-state index in [1.54, 1.807) is 6.08 Å². The van der Waals surface area contributed by atoms with Crippen molar-refractivity contribution < 1.29 is 17.9 Å². The topological polar surface area (TPSA) is 46.2 Å². The summed E-state index contributed by atoms with van der Waals surface area (Å²) < 4.78 is 41.1. The van der Waals surface area contributed by atoms with Gasteiger partial charge in [0.25, 0.3) is 0 Å². The Morgan fingerprint density at radius 1 is 1.29 bits per heavy atom. The van der Waals surface area contributed by atoms with Gasteiger partial charge in [0.15, 0.2) is 5.13 Å². The van der Waals surface area contributed by atoms with Gasteiger partial charge in [-0.2, -0.15) is 0 Å². The summed E-state index contributed by atoms with van der Waals surface area (Å²) in [7, 11) is 1.98. The minimum absolute atomic E-state index is 0.222. The molecule has 1 unspecified atom stereocenters. The third-order valence-electron chi connectivity index (χ3n) is 4.54. The van der Waals surface area contributed by atoms with Crippen LogP contribution in [0, 0.1) is 5.92 Å². The van der Waals surface area contributed by atoms with Gasteiger partial charge >= 0.3 is 6.36 Å². The fourth-order valence-electron chi connectivity index (χ4n) is 3.38. The molecular formula is C16H22F3N3OS. The van der Waals surface area contributed by atoms with E-state index in [4.69, 9.17) is 0 Å². The van der Waals surface area contributed by atoms with Crippen molar-refractivity contribution in [1.82, 2.24) is 10.3 Å². The van der Waals surface area contributed by atoms with E-state index in [-0.39, 0.29) is 6.42 Å². The molecule has 1 fully saturated rings. The summed E-state index contributed by atoms with van der Waals surface area (Å²) in [5.41, 5.74) is 0.758. The Morgan fingerprint density at radius 2 is 2.04 bits per heavy atom. The van der Waals surface area contributed by atoms with Crippen LogP contribution in [0.15, 0.2) is 6.08 Å². The lowest BCUT2D eigenvalue weighted by Gasteiger charge is -2.28. The smallest absolute Gasteiger partial charge is 0.359 e. The van der Waals surface area contributed by atoms with Crippen LogP contribution in [0.4, 0.5) is 18.3 Å². The van der Waals surface area contributed by atoms with Crippen molar-refractivity contribution in [3.05, 3.63) is 16.6 Å². The molecule has 0 spiro atoms. The zero-order valence-electron chi connectivity index (χ0n) is 13.5. The van der Waals surface area contributed by atoms with Crippen molar-refractivity contribution >= 4 is 22.5 Å². The molecule has 0 bridgehead atoms. The van der Waals surface area contributed by atoms with Crippen LogP contribution >= 0.6 is 11.3 Å². The Hall–Kier alpha value is -1.12. The van der Waals surface area contributed by atoms with E-state index >= 15 is 0 Å². The molecule has 2 aliphatic rings. The van der Waals surface area contributed by atoms with Crippen LogP contribution in [0.1, 0.15) is 36.3 Å². The summed E-state index contributed by atoms with van der Waals surface area (Å²) >= 11 is 1.44. The van der Waals surface area contributed by atoms with Gasteiger partial charge in [0.2, 0.25) is 0 Å². The lowest BCUT2D eigenvalue weighted by molar-refractivity contribution is -0.336. The maximum atomic E-state index is 12.3. The quantitative estimate of drug-likeness (QED) is 0.837. The molecule has 134 valence electrons. The molecule has 0 saturated heterocycles. The van der Waals surface area contributed by atoms with Crippen molar-refractivity contribution in [2.75, 3.05) is 18.9 Å². The zero-order chi connectivity index (χ0) is 17.2. The number of anilines is 1. The SMILES string of the molecule is CNCC1CCC(Nc2nc3c(s2)CC(OC(F)(F)F)C=C3)CC1. The normalized spacial score (nSPS) is 27.1. The van der Waals surface area contributed by atoms with E-state index in [0.717, 1.165) is 41.0 Å². The molecule has 4 nitrogen and oxygen atoms in total. The van der Waals surface area contributed by atoms with Gasteiger partial charge in [-0.25, -0.2) is 4.98 Å². The van der Waals surface area contributed by atoms with Crippen LogP contribution in [-0.2, 0) is 11.2 Å². The van der Waals surface area contributed by atoms with Crippen molar-refractivity contribution in [2.45, 2.75) is 50.6 Å². The first-order chi connectivity index (χ1) is 11.4. The molecule has 1 heterocycles. The second-order valence-corrected chi connectivity index (χ2v) is 7.50. The van der Waals surface area contributed by atoms with Crippen LogP contribution in [0.2, 0.25) is 0 Å². The van der Waals surface area contributed by atoms with Gasteiger partial charge in [-0.1, -0.05) is 6.08 Å². The first-order valence-corrected chi connectivity index (χ1v) is 9.08. The molecule has 2 N–H and O–H groups in total. The number of rotatable bonds is 5. The molecule has 1 atom stereocenters. The summed E-state index contributed by atoms with van der Waals surface area (Å²) in [5.74, 6) is 0.737. The predicted octanol–water partition coefficient (Wildman–Crippen LogP) is 3.81. The first-order valence-electron chi connectivity index (χ1n) is 8.26. The van der Waals surface area contributed by atoms with Gasteiger partial charge in [-0.3, -0.25) is 4.74 Å². The molecule has 24 heavy (non-hydrogen) atoms. The van der Waals surface area contributed by atoms with Crippen molar-refractivity contribution in [1.29, 1.82) is 0 Å². The molecule has 0 amide bonds. The zero-order valence-corrected chi connectivity index (χ0v) is 14.3. The summed E-state index contributed by atoms with van der Waals surface area (Å²) in [6.07, 6.45) is 2.30. The molecular weight excluding hydrogens is 339 g/mol. The van der Waals surface area contributed by atoms with Gasteiger partial charge in [-0.05, 0) is 51.3 Å². The summed E-state index contributed by atoms with van der Waals surface area (Å²) in [6, 6.07) is 0.400. The summed E-state index contributed by atoms with van der Waals surface area (Å²) in [5, 5.41) is 7.48. The highest BCUT2D eigenvalue weighted by Gasteiger charge is 2.34. The molecule has 1 saturated carbocycles. The fraction of sp³-hybridized carbons (Fsp3) is 0.688. The Kier molecular flexibility index (Phi) is 5.46. The Bertz CT molecular complexity index is 580. The number of aromatic nitrogens is 1. The number of nitrogens with zero attached hydrogens (tertiary/aromatic N) is 1. The van der Waals surface area contributed by atoms with E-state index in [9.17, 15) is 13.2 Å². The number of hydrogen-bond donors (Lipinski definition) is 2. The standard InChI is InChI=1S/C16H22F3N3OS/c1-20-9-10-2-4-11(5-3-10)21-15-22-13-7-6-12(8-14(13)24-15)23-16(17,18)19/h6-7,10-12,20H,2-5,8-9H2,1H3,(H,21,22). The molecule has 8 heteroatoms. The maximum absolute atomic E-state index is 12.3. The van der Waals surface area contributed by atoms with Gasteiger partial charge in [0.1, 0.15) is 0 Å². The van der Waals surface area contributed by atoms with Gasteiger partial charge < -0.3 is 10.6 Å². The predicted molar refractivity (Wildman–Crippen MR) is 89.1 cm³/mol. The van der Waals surface area contributed by atoms with E-state index in [1.165, 1.54) is 30.3 Å². The number of fused-ring (bicyclic) bond motifs is 1. The molecule has 0 aromatic carbocycles. The van der Waals surface area contributed by atoms with E-state index in [2.05, 4.69) is 20.4 Å². The van der Waals surface area contributed by atoms with Gasteiger partial charge in [0.05, 0.1) is 11.8 Å². The maximum Gasteiger partial charge on any atom is 0.523 e. The van der Waals surface area contributed by atoms with E-state index in [0.29, 0.717) is 6.04 Å². The largest absolute Gasteiger partial charge is 0.523 e. The second kappa shape index (κ2) is 7.41. The van der Waals surface area contributed by atoms with Gasteiger partial charge in [-0.15, -0.1) is 24.5 Å². The molecule has 0 radical (unpaired) electrons. The monoisotopic (exact) mass is 361 g/mol. The average Bonchev–Trinajstić information content (AvgIpc) is 2.89. The Morgan fingerprint density at radius 3 is 2.71 bits per heavy atom. The number of ether oxygens (including phenoxy) is 1. The number of halogens is 3. The molecule has 1 aromatic heterocycles. The van der Waals surface area contributed by atoms with E-state index < -0.39 is 12.5 Å². The minimum Gasteiger partial charge on any atom is -0.359 e. The highest BCUT2D eigenvalue weighted by atomic mass is 32.1. The summed E-state index contributed by atoms with van der Waals surface area (Å²) in [4.78, 5) is 5.35. The lowest BCUT2D eigenvalue weighted by atomic mass is 9.86. The van der Waals surface area contributed by atoms with Crippen LogP contribution in [0.3, 0.4) is 0 Å². The number of thiazole rings is 1. The van der Waals surface area contributed by atoms with Crippen LogP contribution < -0.4 is 10.6 Å². The van der Waals surface area contributed by atoms with Crippen LogP contribution in [-0.4, -0.2) is 37.1 Å². The van der Waals surface area contributed by atoms with Crippen LogP contribution in [0.5, 0.6) is 0 Å². The molecule has 2 aliphatic carbocycles. The highest BCUT2D eigenvalue weighted by molar-refractivity contribution is 7.15. The van der Waals surface area contributed by atoms with Crippen molar-refractivity contribution in [3.8, 4) is 0 Å². The van der Waals surface area contributed by atoms with Crippen molar-refractivity contribution in [2.24, 2.45) is 5.92 Å². The van der Waals surface area contributed by atoms with Crippen LogP contribution in [0.25, 0.3) is 6.08 Å². The van der Waals surface area contributed by atoms with E-state index in [1.807, 2.05) is 7.05 Å². The number of alkyl halides is 3. The second-order valence-electron chi connectivity index (χ2n) is 6.41. The fourth-order valence-corrected chi connectivity index (χ4v) is 4.45. The Balaban J connectivity index is 1.54. The first kappa shape index (κ1) is 17.7. The molecule has 0 aliphatic heterocycles. The molecule has 1 aromatic rings. The number of nitrogens with one attached hydrogen (secondary N) is 2. The third-order valence-corrected chi connectivity index (χ3v) is 5.56. The third kappa shape index (κ3) is 4.70. The minimum atomic E-state index is -4.61. The van der Waals surface area contributed by atoms with Crippen molar-refractivity contribution in [3.63, 3.8) is 0 Å². The Labute approximate surface area is 143 Å². The summed E-state index contributed by atoms with van der Waals surface area (Å²) in [6.45, 7) is 1.06. The lowest BCUT2D eigenvalue weighted by Crippen LogP contribution is -2.30. The number of hydrogen-bond acceptors (Lipinski definition) is 5. The van der Waals surface area contributed by atoms with Gasteiger partial charge in [0, 0.05) is 17.3 Å².